The molecule has 160 valence electrons. The number of H-pyrrole nitrogens is 1. The standard InChI is InChI=1S/C23H23Cl2N5O/c1-15(23-27-29-30-28-23)5-3-2-4-6-20-26-21(16-7-11-18(24)12-8-16)22(31-20)17-9-13-19(25)14-10-17/h7-15H,2-6H2,1H3,(H,27,28,29,30). The Balaban J connectivity index is 1.43. The summed E-state index contributed by atoms with van der Waals surface area (Å²) in [7, 11) is 0. The van der Waals surface area contributed by atoms with Crippen LogP contribution in [0.1, 0.15) is 50.2 Å². The van der Waals surface area contributed by atoms with Gasteiger partial charge < -0.3 is 4.42 Å². The molecule has 0 amide bonds. The van der Waals surface area contributed by atoms with Crippen LogP contribution >= 0.6 is 23.2 Å². The fourth-order valence-corrected chi connectivity index (χ4v) is 3.73. The smallest absolute Gasteiger partial charge is 0.195 e. The highest BCUT2D eigenvalue weighted by atomic mass is 35.5. The van der Waals surface area contributed by atoms with E-state index in [2.05, 4.69) is 27.5 Å². The Bertz CT molecular complexity index is 1030. The molecule has 0 bridgehead atoms. The molecule has 0 aliphatic rings. The number of nitrogens with one attached hydrogen (secondary N) is 1. The zero-order chi connectivity index (χ0) is 21.6. The zero-order valence-electron chi connectivity index (χ0n) is 17.2. The number of rotatable bonds is 9. The van der Waals surface area contributed by atoms with Gasteiger partial charge in [0.05, 0.1) is 0 Å². The van der Waals surface area contributed by atoms with Crippen molar-refractivity contribution in [3.63, 3.8) is 0 Å². The van der Waals surface area contributed by atoms with Gasteiger partial charge in [0.25, 0.3) is 0 Å². The molecule has 6 nitrogen and oxygen atoms in total. The van der Waals surface area contributed by atoms with E-state index in [1.807, 2.05) is 48.5 Å². The number of halogens is 2. The van der Waals surface area contributed by atoms with Crippen LogP contribution in [0, 0.1) is 0 Å². The van der Waals surface area contributed by atoms with E-state index in [0.29, 0.717) is 16.0 Å². The van der Waals surface area contributed by atoms with Crippen molar-refractivity contribution >= 4 is 23.2 Å². The highest BCUT2D eigenvalue weighted by Crippen LogP contribution is 2.34. The second-order valence-corrected chi connectivity index (χ2v) is 8.44. The number of aromatic amines is 1. The van der Waals surface area contributed by atoms with Crippen molar-refractivity contribution in [3.8, 4) is 22.6 Å². The monoisotopic (exact) mass is 455 g/mol. The van der Waals surface area contributed by atoms with Gasteiger partial charge in [0, 0.05) is 33.5 Å². The number of tetrazole rings is 1. The quantitative estimate of drug-likeness (QED) is 0.282. The Labute approximate surface area is 191 Å². The molecule has 0 spiro atoms. The van der Waals surface area contributed by atoms with Crippen molar-refractivity contribution in [2.45, 2.75) is 44.9 Å². The molecule has 0 saturated carbocycles. The second-order valence-electron chi connectivity index (χ2n) is 7.57. The van der Waals surface area contributed by atoms with Crippen LogP contribution in [0.3, 0.4) is 0 Å². The summed E-state index contributed by atoms with van der Waals surface area (Å²) in [6, 6.07) is 15.3. The van der Waals surface area contributed by atoms with E-state index in [-0.39, 0.29) is 0 Å². The Hall–Kier alpha value is -2.70. The third-order valence-electron chi connectivity index (χ3n) is 5.23. The van der Waals surface area contributed by atoms with Crippen LogP contribution in [0.4, 0.5) is 0 Å². The predicted octanol–water partition coefficient (Wildman–Crippen LogP) is 6.74. The first-order chi connectivity index (χ1) is 15.1. The van der Waals surface area contributed by atoms with E-state index in [1.54, 1.807) is 0 Å². The van der Waals surface area contributed by atoms with Gasteiger partial charge in [0.15, 0.2) is 17.5 Å². The third kappa shape index (κ3) is 5.51. The molecule has 8 heteroatoms. The van der Waals surface area contributed by atoms with Gasteiger partial charge in [-0.2, -0.15) is 5.21 Å². The minimum Gasteiger partial charge on any atom is -0.440 e. The molecule has 1 unspecified atom stereocenters. The summed E-state index contributed by atoms with van der Waals surface area (Å²) in [6.07, 6.45) is 4.98. The van der Waals surface area contributed by atoms with E-state index >= 15 is 0 Å². The Morgan fingerprint density at radius 2 is 1.58 bits per heavy atom. The van der Waals surface area contributed by atoms with Crippen LogP contribution in [0.5, 0.6) is 0 Å². The van der Waals surface area contributed by atoms with E-state index in [1.165, 1.54) is 0 Å². The number of oxazole rings is 1. The van der Waals surface area contributed by atoms with Gasteiger partial charge in [-0.05, 0) is 49.2 Å². The SMILES string of the molecule is CC(CCCCCc1nc(-c2ccc(Cl)cc2)c(-c2ccc(Cl)cc2)o1)c1nn[nH]n1. The van der Waals surface area contributed by atoms with Crippen molar-refractivity contribution in [3.05, 3.63) is 70.3 Å². The summed E-state index contributed by atoms with van der Waals surface area (Å²) < 4.78 is 6.19. The molecule has 0 saturated heterocycles. The molecule has 2 aromatic heterocycles. The maximum absolute atomic E-state index is 6.19. The second kappa shape index (κ2) is 10.1. The first-order valence-corrected chi connectivity index (χ1v) is 11.1. The Kier molecular flexibility index (Phi) is 6.99. The van der Waals surface area contributed by atoms with Crippen molar-refractivity contribution in [2.24, 2.45) is 0 Å². The van der Waals surface area contributed by atoms with Crippen LogP contribution in [0.2, 0.25) is 10.0 Å². The van der Waals surface area contributed by atoms with Crippen molar-refractivity contribution < 1.29 is 4.42 Å². The van der Waals surface area contributed by atoms with Gasteiger partial charge in [-0.3, -0.25) is 0 Å². The molecule has 1 N–H and O–H groups in total. The number of benzene rings is 2. The van der Waals surface area contributed by atoms with Crippen molar-refractivity contribution in [2.75, 3.05) is 0 Å². The van der Waals surface area contributed by atoms with Crippen LogP contribution < -0.4 is 0 Å². The van der Waals surface area contributed by atoms with Crippen molar-refractivity contribution in [1.29, 1.82) is 0 Å². The zero-order valence-corrected chi connectivity index (χ0v) is 18.7. The third-order valence-corrected chi connectivity index (χ3v) is 5.73. The number of aryl methyl sites for hydroxylation is 1. The number of aromatic nitrogens is 5. The maximum Gasteiger partial charge on any atom is 0.195 e. The molecule has 31 heavy (non-hydrogen) atoms. The summed E-state index contributed by atoms with van der Waals surface area (Å²) in [5, 5.41) is 15.6. The molecule has 0 aliphatic carbocycles. The van der Waals surface area contributed by atoms with Gasteiger partial charge >= 0.3 is 0 Å². The number of hydrogen-bond acceptors (Lipinski definition) is 5. The largest absolute Gasteiger partial charge is 0.440 e. The summed E-state index contributed by atoms with van der Waals surface area (Å²) in [5.74, 6) is 2.56. The normalized spacial score (nSPS) is 12.2. The molecule has 4 aromatic rings. The topological polar surface area (TPSA) is 80.5 Å². The van der Waals surface area contributed by atoms with Crippen LogP contribution in [-0.2, 0) is 6.42 Å². The molecule has 2 aromatic carbocycles. The van der Waals surface area contributed by atoms with E-state index in [4.69, 9.17) is 32.6 Å². The first-order valence-electron chi connectivity index (χ1n) is 10.3. The van der Waals surface area contributed by atoms with Crippen LogP contribution in [0.25, 0.3) is 22.6 Å². The minimum absolute atomic E-state index is 0.300. The summed E-state index contributed by atoms with van der Waals surface area (Å²) >= 11 is 12.1. The molecule has 2 heterocycles. The minimum atomic E-state index is 0.300. The lowest BCUT2D eigenvalue weighted by Crippen LogP contribution is -1.97. The van der Waals surface area contributed by atoms with Gasteiger partial charge in [-0.25, -0.2) is 4.98 Å². The van der Waals surface area contributed by atoms with Crippen LogP contribution in [-0.4, -0.2) is 25.6 Å². The number of nitrogens with zero attached hydrogens (tertiary/aromatic N) is 4. The van der Waals surface area contributed by atoms with Crippen molar-refractivity contribution in [1.82, 2.24) is 25.6 Å². The summed E-state index contributed by atoms with van der Waals surface area (Å²) in [5.41, 5.74) is 2.74. The Morgan fingerprint density at radius 3 is 2.23 bits per heavy atom. The maximum atomic E-state index is 6.19. The van der Waals surface area contributed by atoms with E-state index in [0.717, 1.165) is 66.4 Å². The average Bonchev–Trinajstić information content (AvgIpc) is 3.45. The first kappa shape index (κ1) is 21.5. The molecule has 0 aliphatic heterocycles. The molecule has 4 rings (SSSR count). The van der Waals surface area contributed by atoms with E-state index < -0.39 is 0 Å². The lowest BCUT2D eigenvalue weighted by molar-refractivity contribution is 0.484. The summed E-state index contributed by atoms with van der Waals surface area (Å²) in [6.45, 7) is 2.12. The van der Waals surface area contributed by atoms with Crippen LogP contribution in [0.15, 0.2) is 52.9 Å². The van der Waals surface area contributed by atoms with E-state index in [9.17, 15) is 0 Å². The van der Waals surface area contributed by atoms with Gasteiger partial charge in [-0.15, -0.1) is 10.2 Å². The highest BCUT2D eigenvalue weighted by molar-refractivity contribution is 6.31. The predicted molar refractivity (Wildman–Crippen MR) is 122 cm³/mol. The Morgan fingerprint density at radius 1 is 0.903 bits per heavy atom. The van der Waals surface area contributed by atoms with Gasteiger partial charge in [0.2, 0.25) is 0 Å². The number of unbranched alkanes of at least 4 members (excludes halogenated alkanes) is 2. The summed E-state index contributed by atoms with van der Waals surface area (Å²) in [4.78, 5) is 4.81. The lowest BCUT2D eigenvalue weighted by atomic mass is 10.0. The highest BCUT2D eigenvalue weighted by Gasteiger charge is 2.17. The molecular formula is C23H23Cl2N5O. The van der Waals surface area contributed by atoms with Gasteiger partial charge in [-0.1, -0.05) is 60.3 Å². The fraction of sp³-hybridized carbons (Fsp3) is 0.304. The molecule has 1 atom stereocenters. The lowest BCUT2D eigenvalue weighted by Gasteiger charge is -2.05. The number of hydrogen-bond donors (Lipinski definition) is 1. The van der Waals surface area contributed by atoms with Gasteiger partial charge in [0.1, 0.15) is 5.69 Å². The molecular weight excluding hydrogens is 433 g/mol. The average molecular weight is 456 g/mol. The molecule has 0 fully saturated rings. The fourth-order valence-electron chi connectivity index (χ4n) is 3.48. The molecule has 0 radical (unpaired) electrons.